The zero-order valence-electron chi connectivity index (χ0n) is 26.0. The highest BCUT2D eigenvalue weighted by atomic mass is 35.5. The third-order valence-electron chi connectivity index (χ3n) is 8.05. The van der Waals surface area contributed by atoms with Crippen molar-refractivity contribution in [2.24, 2.45) is 11.8 Å². The Morgan fingerprint density at radius 3 is 2.28 bits per heavy atom. The van der Waals surface area contributed by atoms with Crippen molar-refractivity contribution >= 4 is 29.2 Å². The maximum absolute atomic E-state index is 13.7. The molecule has 0 aromatic heterocycles. The Morgan fingerprint density at radius 1 is 0.978 bits per heavy atom. The van der Waals surface area contributed by atoms with Gasteiger partial charge in [-0.3, -0.25) is 0 Å². The number of halogens is 4. The molecule has 0 N–H and O–H groups in total. The van der Waals surface area contributed by atoms with Gasteiger partial charge in [-0.05, 0) is 93.2 Å². The second-order valence-corrected chi connectivity index (χ2v) is 13.4. The average Bonchev–Trinajstić information content (AvgIpc) is 3.92. The number of ether oxygens (including phenoxy) is 5. The first kappa shape index (κ1) is 34.1. The summed E-state index contributed by atoms with van der Waals surface area (Å²) in [5.41, 5.74) is 1.30. The summed E-state index contributed by atoms with van der Waals surface area (Å²) in [6.45, 7) is 3.14. The summed E-state index contributed by atoms with van der Waals surface area (Å²) in [4.78, 5) is 25.6. The van der Waals surface area contributed by atoms with Crippen molar-refractivity contribution in [3.63, 3.8) is 0 Å². The molecule has 1 unspecified atom stereocenters. The van der Waals surface area contributed by atoms with E-state index in [2.05, 4.69) is 4.74 Å². The van der Waals surface area contributed by atoms with Gasteiger partial charge >= 0.3 is 12.6 Å². The fourth-order valence-corrected chi connectivity index (χ4v) is 5.38. The second kappa shape index (κ2) is 14.7. The minimum absolute atomic E-state index is 0.000593. The Labute approximate surface area is 277 Å². The van der Waals surface area contributed by atoms with Crippen molar-refractivity contribution in [2.45, 2.75) is 77.8 Å². The molecule has 248 valence electrons. The van der Waals surface area contributed by atoms with E-state index < -0.39 is 24.3 Å². The zero-order valence-corrected chi connectivity index (χ0v) is 27.5. The molecule has 3 aliphatic rings. The van der Waals surface area contributed by atoms with Crippen molar-refractivity contribution in [2.75, 3.05) is 19.8 Å². The first-order chi connectivity index (χ1) is 21.9. The van der Waals surface area contributed by atoms with Crippen molar-refractivity contribution in [1.29, 1.82) is 0 Å². The van der Waals surface area contributed by atoms with Crippen LogP contribution in [0.15, 0.2) is 58.2 Å². The molecule has 1 atom stereocenters. The van der Waals surface area contributed by atoms with E-state index in [0.717, 1.165) is 29.7 Å². The zero-order chi connectivity index (χ0) is 33.0. The maximum atomic E-state index is 13.7. The third-order valence-corrected chi connectivity index (χ3v) is 8.72. The van der Waals surface area contributed by atoms with E-state index in [1.54, 1.807) is 13.8 Å². The van der Waals surface area contributed by atoms with Crippen LogP contribution in [0.25, 0.3) is 0 Å². The van der Waals surface area contributed by atoms with Gasteiger partial charge in [0.15, 0.2) is 17.1 Å². The lowest BCUT2D eigenvalue weighted by Gasteiger charge is -2.28. The number of rotatable bonds is 16. The number of carbonyl (C=O) groups is 1. The summed E-state index contributed by atoms with van der Waals surface area (Å²) in [5, 5.41) is 0.297. The SMILES string of the molecule is Cc1ccc(COC(C)(C)C(=O)OC(CC2=C(Cl)C[N+](=O)C=C2Cl)c2ccc(OC(F)F)c(OCC3CC3)c2)cc1OCC1CC1. The summed E-state index contributed by atoms with van der Waals surface area (Å²) in [5.74, 6) is 1.01. The molecule has 0 saturated heterocycles. The summed E-state index contributed by atoms with van der Waals surface area (Å²) in [7, 11) is 0. The molecule has 0 amide bonds. The van der Waals surface area contributed by atoms with Gasteiger partial charge in [0.25, 0.3) is 0 Å². The highest BCUT2D eigenvalue weighted by Crippen LogP contribution is 2.40. The molecule has 46 heavy (non-hydrogen) atoms. The molecule has 0 bridgehead atoms. The Bertz CT molecular complexity index is 1520. The largest absolute Gasteiger partial charge is 0.493 e. The smallest absolute Gasteiger partial charge is 0.387 e. The molecule has 0 radical (unpaired) electrons. The minimum Gasteiger partial charge on any atom is -0.493 e. The van der Waals surface area contributed by atoms with E-state index in [0.29, 0.717) is 40.9 Å². The summed E-state index contributed by atoms with van der Waals surface area (Å²) in [6, 6.07) is 10.2. The first-order valence-corrected chi connectivity index (χ1v) is 16.1. The van der Waals surface area contributed by atoms with Gasteiger partial charge in [0, 0.05) is 21.7 Å². The van der Waals surface area contributed by atoms with Gasteiger partial charge in [-0.15, -0.1) is 0 Å². The minimum atomic E-state index is -3.06. The van der Waals surface area contributed by atoms with Gasteiger partial charge in [0.1, 0.15) is 16.9 Å². The van der Waals surface area contributed by atoms with Crippen LogP contribution in [0.4, 0.5) is 8.78 Å². The molecule has 0 spiro atoms. The number of esters is 1. The summed E-state index contributed by atoms with van der Waals surface area (Å²) in [6.07, 6.45) is 4.56. The van der Waals surface area contributed by atoms with Gasteiger partial charge in [-0.25, -0.2) is 4.79 Å². The molecular weight excluding hydrogens is 643 g/mol. The van der Waals surface area contributed by atoms with Crippen LogP contribution in [0.1, 0.15) is 68.7 Å². The predicted molar refractivity (Wildman–Crippen MR) is 168 cm³/mol. The van der Waals surface area contributed by atoms with Crippen LogP contribution in [0.2, 0.25) is 0 Å². The number of benzene rings is 2. The van der Waals surface area contributed by atoms with Crippen LogP contribution in [-0.2, 0) is 20.9 Å². The van der Waals surface area contributed by atoms with Crippen LogP contribution in [-0.4, -0.2) is 42.7 Å². The van der Waals surface area contributed by atoms with Gasteiger partial charge in [0.2, 0.25) is 12.7 Å². The second-order valence-electron chi connectivity index (χ2n) is 12.5. The van der Waals surface area contributed by atoms with Crippen LogP contribution >= 0.6 is 23.2 Å². The number of hydrogen-bond donors (Lipinski definition) is 0. The van der Waals surface area contributed by atoms with E-state index in [1.165, 1.54) is 37.2 Å². The van der Waals surface area contributed by atoms with E-state index in [4.69, 9.17) is 42.1 Å². The Balaban J connectivity index is 1.35. The van der Waals surface area contributed by atoms with Crippen LogP contribution in [0.5, 0.6) is 17.2 Å². The molecule has 1 aliphatic heterocycles. The summed E-state index contributed by atoms with van der Waals surface area (Å²) < 4.78 is 55.6. The highest BCUT2D eigenvalue weighted by molar-refractivity contribution is 6.35. The quantitative estimate of drug-likeness (QED) is 0.130. The van der Waals surface area contributed by atoms with E-state index in [9.17, 15) is 18.5 Å². The van der Waals surface area contributed by atoms with Gasteiger partial charge in [-0.1, -0.05) is 41.4 Å². The van der Waals surface area contributed by atoms with Crippen molar-refractivity contribution < 1.29 is 42.0 Å². The van der Waals surface area contributed by atoms with Gasteiger partial charge < -0.3 is 23.7 Å². The lowest BCUT2D eigenvalue weighted by Crippen LogP contribution is -2.37. The maximum Gasteiger partial charge on any atom is 0.387 e. The molecule has 5 rings (SSSR count). The number of nitrogens with zero attached hydrogens (tertiary/aromatic N) is 1. The average molecular weight is 682 g/mol. The lowest BCUT2D eigenvalue weighted by atomic mass is 9.98. The third kappa shape index (κ3) is 9.42. The normalized spacial score (nSPS) is 17.6. The van der Waals surface area contributed by atoms with Crippen LogP contribution in [0, 0.1) is 23.7 Å². The molecule has 12 heteroatoms. The molecule has 2 aromatic rings. The number of nitroso groups, excluding NO2 is 1. The van der Waals surface area contributed by atoms with Gasteiger partial charge in [0.05, 0.1) is 24.9 Å². The lowest BCUT2D eigenvalue weighted by molar-refractivity contribution is -0.470. The number of aryl methyl sites for hydroxylation is 1. The monoisotopic (exact) mass is 680 g/mol. The van der Waals surface area contributed by atoms with Gasteiger partial charge in [-0.2, -0.15) is 8.78 Å². The standard InChI is InChI=1S/C34H38Cl2F2NO7/c1-20-4-5-23(12-29(20)42-17-21-6-7-21)19-44-34(2,3)32(40)45-30(14-25-26(35)15-39(41)16-27(25)36)24-10-11-28(46-33(37)38)31(13-24)43-18-22-8-9-22/h4-5,10-13,15,21-22,30,33H,6-9,14,16-19H2,1-3H3/q+1. The topological polar surface area (TPSA) is 83.3 Å². The molecular formula is C34H38Cl2F2NO7+. The molecule has 2 aliphatic carbocycles. The molecule has 2 fully saturated rings. The molecule has 2 saturated carbocycles. The summed E-state index contributed by atoms with van der Waals surface area (Å²) >= 11 is 12.8. The Morgan fingerprint density at radius 2 is 1.65 bits per heavy atom. The fourth-order valence-electron chi connectivity index (χ4n) is 4.73. The number of carbonyl (C=O) groups excluding carboxylic acids is 1. The number of alkyl halides is 2. The first-order valence-electron chi connectivity index (χ1n) is 15.4. The van der Waals surface area contributed by atoms with Crippen LogP contribution in [0.3, 0.4) is 0 Å². The van der Waals surface area contributed by atoms with Crippen molar-refractivity contribution in [3.8, 4) is 17.2 Å². The molecule has 2 aromatic carbocycles. The Kier molecular flexibility index (Phi) is 10.9. The number of hydrogen-bond acceptors (Lipinski definition) is 7. The van der Waals surface area contributed by atoms with Crippen molar-refractivity contribution in [3.05, 3.63) is 79.8 Å². The molecule has 8 nitrogen and oxygen atoms in total. The van der Waals surface area contributed by atoms with Crippen LogP contribution < -0.4 is 14.2 Å². The molecule has 1 heterocycles. The number of allylic oxidation sites excluding steroid dienone is 1. The fraction of sp³-hybridized carbons (Fsp3) is 0.500. The van der Waals surface area contributed by atoms with Crippen molar-refractivity contribution in [1.82, 2.24) is 0 Å². The van der Waals surface area contributed by atoms with E-state index in [-0.39, 0.29) is 41.1 Å². The predicted octanol–water partition coefficient (Wildman–Crippen LogP) is 8.51. The van der Waals surface area contributed by atoms with E-state index >= 15 is 0 Å². The van der Waals surface area contributed by atoms with E-state index in [1.807, 2.05) is 25.1 Å². The highest BCUT2D eigenvalue weighted by Gasteiger charge is 2.35. The Hall–Kier alpha value is -3.21.